The van der Waals surface area contributed by atoms with Crippen molar-refractivity contribution in [2.45, 2.75) is 11.8 Å². The molecular formula is C11H16BrN3O3S. The highest BCUT2D eigenvalue weighted by molar-refractivity contribution is 9.10. The molecule has 0 aromatic heterocycles. The zero-order chi connectivity index (χ0) is 14.6. The number of rotatable bonds is 5. The van der Waals surface area contributed by atoms with Crippen LogP contribution in [0.2, 0.25) is 0 Å². The van der Waals surface area contributed by atoms with E-state index in [1.54, 1.807) is 14.0 Å². The maximum Gasteiger partial charge on any atom is 0.238 e. The van der Waals surface area contributed by atoms with Gasteiger partial charge in [0.2, 0.25) is 15.9 Å². The van der Waals surface area contributed by atoms with E-state index in [1.165, 1.54) is 18.2 Å². The van der Waals surface area contributed by atoms with Crippen molar-refractivity contribution >= 4 is 37.5 Å². The molecule has 1 aromatic carbocycles. The van der Waals surface area contributed by atoms with Gasteiger partial charge in [-0.05, 0) is 41.2 Å². The number of carbonyl (C=O) groups excluding carboxylic acids is 1. The first-order valence-corrected chi connectivity index (χ1v) is 7.87. The molecule has 0 spiro atoms. The normalized spacial score (nSPS) is 13.1. The smallest absolute Gasteiger partial charge is 0.238 e. The summed E-state index contributed by atoms with van der Waals surface area (Å²) < 4.78 is 22.8. The molecular weight excluding hydrogens is 334 g/mol. The Hall–Kier alpha value is -0.960. The molecule has 0 fully saturated rings. The number of carbonyl (C=O) groups is 1. The summed E-state index contributed by atoms with van der Waals surface area (Å²) in [4.78, 5) is 11.8. The van der Waals surface area contributed by atoms with Crippen LogP contribution in [0.25, 0.3) is 0 Å². The van der Waals surface area contributed by atoms with Gasteiger partial charge in [-0.25, -0.2) is 13.6 Å². The molecule has 19 heavy (non-hydrogen) atoms. The summed E-state index contributed by atoms with van der Waals surface area (Å²) in [6, 6.07) is 4.19. The SMILES string of the molecule is CNCC(C)C(=O)Nc1ccc(S(N)(=O)=O)cc1Br. The predicted molar refractivity (Wildman–Crippen MR) is 77.2 cm³/mol. The van der Waals surface area contributed by atoms with Crippen LogP contribution in [0, 0.1) is 5.92 Å². The summed E-state index contributed by atoms with van der Waals surface area (Å²) >= 11 is 3.21. The summed E-state index contributed by atoms with van der Waals surface area (Å²) in [5, 5.41) is 10.6. The Kier molecular flexibility index (Phi) is 5.48. The molecule has 0 saturated carbocycles. The molecule has 0 aliphatic heterocycles. The molecule has 1 unspecified atom stereocenters. The first-order chi connectivity index (χ1) is 8.75. The highest BCUT2D eigenvalue weighted by Crippen LogP contribution is 2.25. The van der Waals surface area contributed by atoms with Crippen molar-refractivity contribution in [2.75, 3.05) is 18.9 Å². The van der Waals surface area contributed by atoms with Crippen molar-refractivity contribution in [1.82, 2.24) is 5.32 Å². The van der Waals surface area contributed by atoms with Gasteiger partial charge in [0.1, 0.15) is 0 Å². The van der Waals surface area contributed by atoms with E-state index < -0.39 is 10.0 Å². The fourth-order valence-corrected chi connectivity index (χ4v) is 2.60. The molecule has 1 atom stereocenters. The van der Waals surface area contributed by atoms with E-state index in [4.69, 9.17) is 5.14 Å². The summed E-state index contributed by atoms with van der Waals surface area (Å²) in [5.74, 6) is -0.353. The Balaban J connectivity index is 2.90. The third-order valence-corrected chi connectivity index (χ3v) is 4.05. The molecule has 1 rings (SSSR count). The van der Waals surface area contributed by atoms with Crippen LogP contribution >= 0.6 is 15.9 Å². The fraction of sp³-hybridized carbons (Fsp3) is 0.364. The van der Waals surface area contributed by atoms with Gasteiger partial charge in [-0.3, -0.25) is 4.79 Å². The molecule has 8 heteroatoms. The number of hydrogen-bond donors (Lipinski definition) is 3. The van der Waals surface area contributed by atoms with E-state index in [9.17, 15) is 13.2 Å². The lowest BCUT2D eigenvalue weighted by Gasteiger charge is -2.13. The van der Waals surface area contributed by atoms with Gasteiger partial charge >= 0.3 is 0 Å². The van der Waals surface area contributed by atoms with Gasteiger partial charge in [0.15, 0.2) is 0 Å². The largest absolute Gasteiger partial charge is 0.325 e. The molecule has 0 radical (unpaired) electrons. The van der Waals surface area contributed by atoms with E-state index >= 15 is 0 Å². The molecule has 1 aromatic rings. The Morgan fingerprint density at radius 3 is 2.58 bits per heavy atom. The third-order valence-electron chi connectivity index (χ3n) is 2.48. The highest BCUT2D eigenvalue weighted by Gasteiger charge is 2.15. The maximum atomic E-state index is 11.8. The third kappa shape index (κ3) is 4.57. The number of halogens is 1. The van der Waals surface area contributed by atoms with Crippen LogP contribution in [0.5, 0.6) is 0 Å². The number of primary sulfonamides is 1. The molecule has 0 aliphatic carbocycles. The van der Waals surface area contributed by atoms with Gasteiger partial charge in [-0.2, -0.15) is 0 Å². The summed E-state index contributed by atoms with van der Waals surface area (Å²) in [6.07, 6.45) is 0. The van der Waals surface area contributed by atoms with E-state index in [1.807, 2.05) is 0 Å². The molecule has 1 amide bonds. The van der Waals surface area contributed by atoms with E-state index in [0.29, 0.717) is 16.7 Å². The van der Waals surface area contributed by atoms with E-state index in [2.05, 4.69) is 26.6 Å². The number of nitrogens with one attached hydrogen (secondary N) is 2. The quantitative estimate of drug-likeness (QED) is 0.734. The van der Waals surface area contributed by atoms with Gasteiger partial charge in [-0.15, -0.1) is 0 Å². The Bertz CT molecular complexity index is 575. The lowest BCUT2D eigenvalue weighted by Crippen LogP contribution is -2.28. The van der Waals surface area contributed by atoms with Crippen molar-refractivity contribution in [3.63, 3.8) is 0 Å². The van der Waals surface area contributed by atoms with Gasteiger partial charge in [0.25, 0.3) is 0 Å². The summed E-state index contributed by atoms with van der Waals surface area (Å²) in [6.45, 7) is 2.34. The highest BCUT2D eigenvalue weighted by atomic mass is 79.9. The predicted octanol–water partition coefficient (Wildman–Crippen LogP) is 0.891. The van der Waals surface area contributed by atoms with Crippen LogP contribution < -0.4 is 15.8 Å². The average Bonchev–Trinajstić information content (AvgIpc) is 2.30. The van der Waals surface area contributed by atoms with Gasteiger partial charge in [0, 0.05) is 16.9 Å². The van der Waals surface area contributed by atoms with Crippen molar-refractivity contribution in [3.05, 3.63) is 22.7 Å². The lowest BCUT2D eigenvalue weighted by atomic mass is 10.1. The van der Waals surface area contributed by atoms with E-state index in [-0.39, 0.29) is 16.7 Å². The average molecular weight is 350 g/mol. The molecule has 4 N–H and O–H groups in total. The number of amides is 1. The lowest BCUT2D eigenvalue weighted by molar-refractivity contribution is -0.119. The zero-order valence-corrected chi connectivity index (χ0v) is 13.0. The maximum absolute atomic E-state index is 11.8. The minimum absolute atomic E-state index is 0.0133. The van der Waals surface area contributed by atoms with Crippen LogP contribution in [0.1, 0.15) is 6.92 Å². The Morgan fingerprint density at radius 2 is 2.11 bits per heavy atom. The second-order valence-corrected chi connectivity index (χ2v) is 6.55. The monoisotopic (exact) mass is 349 g/mol. The molecule has 0 heterocycles. The number of sulfonamides is 1. The fourth-order valence-electron chi connectivity index (χ4n) is 1.43. The van der Waals surface area contributed by atoms with Crippen LogP contribution in [0.15, 0.2) is 27.6 Å². The number of nitrogens with two attached hydrogens (primary N) is 1. The Morgan fingerprint density at radius 1 is 1.47 bits per heavy atom. The first-order valence-electron chi connectivity index (χ1n) is 5.53. The van der Waals surface area contributed by atoms with Gasteiger partial charge in [0.05, 0.1) is 10.6 Å². The zero-order valence-electron chi connectivity index (χ0n) is 10.6. The van der Waals surface area contributed by atoms with Crippen LogP contribution in [0.3, 0.4) is 0 Å². The minimum Gasteiger partial charge on any atom is -0.325 e. The van der Waals surface area contributed by atoms with Crippen molar-refractivity contribution < 1.29 is 13.2 Å². The standard InChI is InChI=1S/C11H16BrN3O3S/c1-7(6-14-2)11(16)15-10-4-3-8(5-9(10)12)19(13,17)18/h3-5,7,14H,6H2,1-2H3,(H,15,16)(H2,13,17,18). The molecule has 0 aliphatic rings. The van der Waals surface area contributed by atoms with Crippen LogP contribution in [0.4, 0.5) is 5.69 Å². The van der Waals surface area contributed by atoms with E-state index in [0.717, 1.165) is 0 Å². The molecule has 0 bridgehead atoms. The number of anilines is 1. The van der Waals surface area contributed by atoms with Crippen molar-refractivity contribution in [2.24, 2.45) is 11.1 Å². The summed E-state index contributed by atoms with van der Waals surface area (Å²) in [7, 11) is -1.98. The van der Waals surface area contributed by atoms with Crippen molar-refractivity contribution in [3.8, 4) is 0 Å². The van der Waals surface area contributed by atoms with Gasteiger partial charge < -0.3 is 10.6 Å². The number of benzene rings is 1. The van der Waals surface area contributed by atoms with Crippen molar-refractivity contribution in [1.29, 1.82) is 0 Å². The van der Waals surface area contributed by atoms with Gasteiger partial charge in [-0.1, -0.05) is 6.92 Å². The molecule has 0 saturated heterocycles. The van der Waals surface area contributed by atoms with Crippen LogP contribution in [-0.4, -0.2) is 27.9 Å². The number of hydrogen-bond acceptors (Lipinski definition) is 4. The minimum atomic E-state index is -3.75. The van der Waals surface area contributed by atoms with Crippen LogP contribution in [-0.2, 0) is 14.8 Å². The summed E-state index contributed by atoms with van der Waals surface area (Å²) in [5.41, 5.74) is 0.500. The second kappa shape index (κ2) is 6.47. The Labute approximate surface area is 120 Å². The topological polar surface area (TPSA) is 101 Å². The molecule has 106 valence electrons. The second-order valence-electron chi connectivity index (χ2n) is 4.13. The molecule has 6 nitrogen and oxygen atoms in total. The first kappa shape index (κ1) is 16.1.